The van der Waals surface area contributed by atoms with Gasteiger partial charge in [-0.3, -0.25) is 0 Å². The highest BCUT2D eigenvalue weighted by molar-refractivity contribution is 7.89. The van der Waals surface area contributed by atoms with Crippen molar-refractivity contribution < 1.29 is 8.42 Å². The average Bonchev–Trinajstić information content (AvgIpc) is 2.61. The Hall–Kier alpha value is -2.17. The molecule has 27 heavy (non-hydrogen) atoms. The second kappa shape index (κ2) is 8.24. The summed E-state index contributed by atoms with van der Waals surface area (Å²) in [5.74, 6) is 0.394. The van der Waals surface area contributed by atoms with Gasteiger partial charge in [0.15, 0.2) is 0 Å². The molecule has 0 aliphatic carbocycles. The van der Waals surface area contributed by atoms with Crippen molar-refractivity contribution in [1.29, 1.82) is 0 Å². The fraction of sp³-hybridized carbons (Fsp3) is 0.304. The highest BCUT2D eigenvalue weighted by Crippen LogP contribution is 2.22. The van der Waals surface area contributed by atoms with Gasteiger partial charge in [0.25, 0.3) is 0 Å². The maximum atomic E-state index is 12.9. The molecule has 0 fully saturated rings. The van der Waals surface area contributed by atoms with Gasteiger partial charge >= 0.3 is 0 Å². The monoisotopic (exact) mass is 381 g/mol. The Bertz CT molecular complexity index is 1000. The molecule has 4 heteroatoms. The summed E-state index contributed by atoms with van der Waals surface area (Å²) in [5.41, 5.74) is 2.22. The Morgan fingerprint density at radius 1 is 0.889 bits per heavy atom. The number of benzene rings is 3. The van der Waals surface area contributed by atoms with Gasteiger partial charge in [-0.05, 0) is 54.2 Å². The molecule has 142 valence electrons. The molecule has 3 rings (SSSR count). The summed E-state index contributed by atoms with van der Waals surface area (Å²) in [6, 6.07) is 21.3. The maximum Gasteiger partial charge on any atom is 0.240 e. The number of sulfonamides is 1. The fourth-order valence-corrected chi connectivity index (χ4v) is 4.73. The molecule has 0 heterocycles. The topological polar surface area (TPSA) is 46.2 Å². The zero-order valence-electron chi connectivity index (χ0n) is 16.1. The summed E-state index contributed by atoms with van der Waals surface area (Å²) in [4.78, 5) is 0.319. The number of nitrogens with one attached hydrogen (secondary N) is 1. The van der Waals surface area contributed by atoms with E-state index in [1.807, 2.05) is 37.3 Å². The zero-order valence-corrected chi connectivity index (χ0v) is 17.0. The number of aryl methyl sites for hydroxylation is 1. The van der Waals surface area contributed by atoms with E-state index in [1.165, 1.54) is 16.3 Å². The fourth-order valence-electron chi connectivity index (χ4n) is 3.48. The molecule has 0 spiro atoms. The number of fused-ring (bicyclic) bond motifs is 1. The molecule has 1 atom stereocenters. The highest BCUT2D eigenvalue weighted by atomic mass is 32.2. The van der Waals surface area contributed by atoms with E-state index in [0.717, 1.165) is 12.0 Å². The van der Waals surface area contributed by atoms with Crippen molar-refractivity contribution in [1.82, 2.24) is 4.72 Å². The first-order valence-electron chi connectivity index (χ1n) is 9.41. The van der Waals surface area contributed by atoms with Crippen LogP contribution >= 0.6 is 0 Å². The van der Waals surface area contributed by atoms with E-state index in [1.54, 1.807) is 12.1 Å². The first-order chi connectivity index (χ1) is 12.8. The Balaban J connectivity index is 1.88. The summed E-state index contributed by atoms with van der Waals surface area (Å²) in [7, 11) is -3.55. The predicted octanol–water partition coefficient (Wildman–Crippen LogP) is 5.08. The molecule has 0 saturated heterocycles. The molecule has 0 aromatic heterocycles. The first kappa shape index (κ1) is 19.6. The average molecular weight is 382 g/mol. The van der Waals surface area contributed by atoms with E-state index < -0.39 is 10.0 Å². The molecule has 0 saturated carbocycles. The summed E-state index contributed by atoms with van der Waals surface area (Å²) >= 11 is 0. The van der Waals surface area contributed by atoms with Crippen LogP contribution in [0.4, 0.5) is 0 Å². The molecule has 3 nitrogen and oxygen atoms in total. The molecule has 0 aliphatic rings. The van der Waals surface area contributed by atoms with Crippen LogP contribution in [0.25, 0.3) is 10.8 Å². The van der Waals surface area contributed by atoms with Crippen LogP contribution in [0.5, 0.6) is 0 Å². The van der Waals surface area contributed by atoms with E-state index in [2.05, 4.69) is 42.8 Å². The minimum atomic E-state index is -3.55. The molecule has 0 radical (unpaired) electrons. The van der Waals surface area contributed by atoms with Gasteiger partial charge in [0.1, 0.15) is 0 Å². The molecule has 3 aromatic carbocycles. The number of hydrogen-bond donors (Lipinski definition) is 1. The lowest BCUT2D eigenvalue weighted by molar-refractivity contribution is 0.458. The third-order valence-corrected chi connectivity index (χ3v) is 6.29. The summed E-state index contributed by atoms with van der Waals surface area (Å²) in [6.45, 7) is 6.19. The van der Waals surface area contributed by atoms with Crippen molar-refractivity contribution in [3.63, 3.8) is 0 Å². The van der Waals surface area contributed by atoms with E-state index in [0.29, 0.717) is 17.2 Å². The SMILES string of the molecule is Cc1ccc(S(=O)(=O)N[C@H](Cc2cccc3ccccc23)CC(C)C)cc1. The minimum Gasteiger partial charge on any atom is -0.208 e. The third-order valence-electron chi connectivity index (χ3n) is 4.76. The molecule has 0 amide bonds. The largest absolute Gasteiger partial charge is 0.240 e. The smallest absolute Gasteiger partial charge is 0.208 e. The lowest BCUT2D eigenvalue weighted by atomic mass is 9.95. The lowest BCUT2D eigenvalue weighted by Gasteiger charge is -2.21. The van der Waals surface area contributed by atoms with Crippen LogP contribution in [0, 0.1) is 12.8 Å². The van der Waals surface area contributed by atoms with Crippen molar-refractivity contribution in [3.8, 4) is 0 Å². The number of hydrogen-bond acceptors (Lipinski definition) is 2. The number of rotatable bonds is 7. The molecule has 0 bridgehead atoms. The van der Waals surface area contributed by atoms with Crippen LogP contribution < -0.4 is 4.72 Å². The second-order valence-corrected chi connectivity index (χ2v) is 9.32. The lowest BCUT2D eigenvalue weighted by Crippen LogP contribution is -2.37. The van der Waals surface area contributed by atoms with Crippen LogP contribution in [0.1, 0.15) is 31.4 Å². The van der Waals surface area contributed by atoms with Crippen LogP contribution in [0.2, 0.25) is 0 Å². The van der Waals surface area contributed by atoms with Gasteiger partial charge in [-0.25, -0.2) is 13.1 Å². The third kappa shape index (κ3) is 4.96. The standard InChI is InChI=1S/C23H27NO2S/c1-17(2)15-21(24-27(25,26)22-13-11-18(3)12-14-22)16-20-9-6-8-19-7-4-5-10-23(19)20/h4-14,17,21,24H,15-16H2,1-3H3/t21-/m0/s1. The molecule has 3 aromatic rings. The summed E-state index contributed by atoms with van der Waals surface area (Å²) in [6.07, 6.45) is 1.46. The van der Waals surface area contributed by atoms with Crippen LogP contribution in [0.15, 0.2) is 71.6 Å². The maximum absolute atomic E-state index is 12.9. The van der Waals surface area contributed by atoms with Crippen molar-refractivity contribution in [3.05, 3.63) is 77.9 Å². The molecular formula is C23H27NO2S. The van der Waals surface area contributed by atoms with E-state index in [4.69, 9.17) is 0 Å². The Labute approximate surface area is 162 Å². The van der Waals surface area contributed by atoms with Gasteiger partial charge in [-0.15, -0.1) is 0 Å². The summed E-state index contributed by atoms with van der Waals surface area (Å²) < 4.78 is 28.7. The Kier molecular flexibility index (Phi) is 5.98. The van der Waals surface area contributed by atoms with E-state index in [9.17, 15) is 8.42 Å². The molecule has 0 aliphatic heterocycles. The van der Waals surface area contributed by atoms with Gasteiger partial charge in [0.2, 0.25) is 10.0 Å². The van der Waals surface area contributed by atoms with Crippen LogP contribution in [-0.2, 0) is 16.4 Å². The molecular weight excluding hydrogens is 354 g/mol. The van der Waals surface area contributed by atoms with Gasteiger partial charge in [0.05, 0.1) is 4.90 Å². The van der Waals surface area contributed by atoms with Gasteiger partial charge in [0, 0.05) is 6.04 Å². The Morgan fingerprint density at radius 3 is 2.26 bits per heavy atom. The van der Waals surface area contributed by atoms with E-state index >= 15 is 0 Å². The summed E-state index contributed by atoms with van der Waals surface area (Å²) in [5, 5.41) is 2.36. The Morgan fingerprint density at radius 2 is 1.56 bits per heavy atom. The van der Waals surface area contributed by atoms with Crippen molar-refractivity contribution in [2.45, 2.75) is 44.6 Å². The van der Waals surface area contributed by atoms with Gasteiger partial charge in [-0.2, -0.15) is 0 Å². The highest BCUT2D eigenvalue weighted by Gasteiger charge is 2.21. The van der Waals surface area contributed by atoms with Gasteiger partial charge in [-0.1, -0.05) is 74.0 Å². The van der Waals surface area contributed by atoms with Crippen LogP contribution in [-0.4, -0.2) is 14.5 Å². The predicted molar refractivity (Wildman–Crippen MR) is 112 cm³/mol. The van der Waals surface area contributed by atoms with Crippen molar-refractivity contribution >= 4 is 20.8 Å². The van der Waals surface area contributed by atoms with Crippen LogP contribution in [0.3, 0.4) is 0 Å². The van der Waals surface area contributed by atoms with Crippen molar-refractivity contribution in [2.75, 3.05) is 0 Å². The quantitative estimate of drug-likeness (QED) is 0.620. The van der Waals surface area contributed by atoms with Crippen molar-refractivity contribution in [2.24, 2.45) is 5.92 Å². The van der Waals surface area contributed by atoms with Gasteiger partial charge < -0.3 is 0 Å². The first-order valence-corrected chi connectivity index (χ1v) is 10.9. The van der Waals surface area contributed by atoms with E-state index in [-0.39, 0.29) is 6.04 Å². The molecule has 0 unspecified atom stereocenters. The molecule has 1 N–H and O–H groups in total. The second-order valence-electron chi connectivity index (χ2n) is 7.60. The zero-order chi connectivity index (χ0) is 19.4. The normalized spacial score (nSPS) is 13.2. The minimum absolute atomic E-state index is 0.151.